The number of nitrogens with one attached hydrogen (secondary N) is 1. The lowest BCUT2D eigenvalue weighted by Crippen LogP contribution is -2.23. The van der Waals surface area contributed by atoms with E-state index < -0.39 is 5.82 Å². The SMILES string of the molecule is CC(N[C@@H](C)c1ccccn1)c1ccc(F)cc1O. The molecule has 0 aliphatic carbocycles. The van der Waals surface area contributed by atoms with Crippen LogP contribution in [0.4, 0.5) is 4.39 Å². The molecule has 2 aromatic rings. The van der Waals surface area contributed by atoms with Crippen molar-refractivity contribution in [2.75, 3.05) is 0 Å². The molecular formula is C15H17FN2O. The van der Waals surface area contributed by atoms with Gasteiger partial charge in [-0.15, -0.1) is 0 Å². The van der Waals surface area contributed by atoms with E-state index in [2.05, 4.69) is 10.3 Å². The Hall–Kier alpha value is -1.94. The van der Waals surface area contributed by atoms with Crippen LogP contribution >= 0.6 is 0 Å². The standard InChI is InChI=1S/C15H17FN2O/c1-10(13-7-6-12(16)9-15(13)19)18-11(2)14-5-3-4-8-17-14/h3-11,18-19H,1-2H3/t10?,11-/m0/s1. The predicted molar refractivity (Wildman–Crippen MR) is 72.3 cm³/mol. The monoisotopic (exact) mass is 260 g/mol. The van der Waals surface area contributed by atoms with Crippen LogP contribution in [0.2, 0.25) is 0 Å². The third-order valence-electron chi connectivity index (χ3n) is 3.09. The van der Waals surface area contributed by atoms with Gasteiger partial charge in [-0.3, -0.25) is 4.98 Å². The second-order valence-electron chi connectivity index (χ2n) is 4.57. The highest BCUT2D eigenvalue weighted by atomic mass is 19.1. The Morgan fingerprint density at radius 3 is 2.58 bits per heavy atom. The number of hydrogen-bond donors (Lipinski definition) is 2. The van der Waals surface area contributed by atoms with Gasteiger partial charge in [-0.25, -0.2) is 4.39 Å². The highest BCUT2D eigenvalue weighted by molar-refractivity contribution is 5.35. The Kier molecular flexibility index (Phi) is 4.12. The molecule has 1 unspecified atom stereocenters. The molecular weight excluding hydrogens is 243 g/mol. The molecule has 2 N–H and O–H groups in total. The molecule has 1 aromatic carbocycles. The largest absolute Gasteiger partial charge is 0.508 e. The average molecular weight is 260 g/mol. The van der Waals surface area contributed by atoms with Gasteiger partial charge in [0.15, 0.2) is 0 Å². The highest BCUT2D eigenvalue weighted by Crippen LogP contribution is 2.26. The zero-order valence-corrected chi connectivity index (χ0v) is 11.0. The summed E-state index contributed by atoms with van der Waals surface area (Å²) in [5.74, 6) is -0.473. The summed E-state index contributed by atoms with van der Waals surface area (Å²) in [6, 6.07) is 9.74. The first-order valence-corrected chi connectivity index (χ1v) is 6.23. The van der Waals surface area contributed by atoms with Crippen molar-refractivity contribution >= 4 is 0 Å². The minimum Gasteiger partial charge on any atom is -0.508 e. The molecule has 2 rings (SSSR count). The summed E-state index contributed by atoms with van der Waals surface area (Å²) in [6.07, 6.45) is 1.74. The first-order chi connectivity index (χ1) is 9.08. The molecule has 0 spiro atoms. The van der Waals surface area contributed by atoms with Crippen molar-refractivity contribution in [1.29, 1.82) is 0 Å². The number of phenols is 1. The van der Waals surface area contributed by atoms with Gasteiger partial charge in [0, 0.05) is 29.9 Å². The fourth-order valence-corrected chi connectivity index (χ4v) is 2.07. The Morgan fingerprint density at radius 1 is 1.16 bits per heavy atom. The van der Waals surface area contributed by atoms with E-state index in [1.807, 2.05) is 32.0 Å². The van der Waals surface area contributed by atoms with E-state index in [0.717, 1.165) is 11.8 Å². The molecule has 0 fully saturated rings. The molecule has 0 radical (unpaired) electrons. The van der Waals surface area contributed by atoms with Gasteiger partial charge in [0.25, 0.3) is 0 Å². The summed E-state index contributed by atoms with van der Waals surface area (Å²) in [6.45, 7) is 3.92. The number of hydrogen-bond acceptors (Lipinski definition) is 3. The molecule has 1 heterocycles. The van der Waals surface area contributed by atoms with Crippen molar-refractivity contribution in [3.8, 4) is 5.75 Å². The smallest absolute Gasteiger partial charge is 0.126 e. The summed E-state index contributed by atoms with van der Waals surface area (Å²) in [5.41, 5.74) is 1.60. The molecule has 19 heavy (non-hydrogen) atoms. The number of aromatic hydroxyl groups is 1. The Bertz CT molecular complexity index is 545. The maximum atomic E-state index is 12.9. The molecule has 0 aliphatic heterocycles. The van der Waals surface area contributed by atoms with Crippen LogP contribution in [0.1, 0.15) is 37.2 Å². The summed E-state index contributed by atoms with van der Waals surface area (Å²) in [7, 11) is 0. The third-order valence-corrected chi connectivity index (χ3v) is 3.09. The Morgan fingerprint density at radius 2 is 1.95 bits per heavy atom. The van der Waals surface area contributed by atoms with Crippen LogP contribution < -0.4 is 5.32 Å². The van der Waals surface area contributed by atoms with E-state index >= 15 is 0 Å². The average Bonchev–Trinajstić information content (AvgIpc) is 2.39. The van der Waals surface area contributed by atoms with Crippen LogP contribution in [0.5, 0.6) is 5.75 Å². The van der Waals surface area contributed by atoms with E-state index in [1.165, 1.54) is 6.07 Å². The summed E-state index contributed by atoms with van der Waals surface area (Å²) in [5, 5.41) is 13.1. The first-order valence-electron chi connectivity index (χ1n) is 6.23. The number of phenolic OH excluding ortho intramolecular Hbond substituents is 1. The zero-order chi connectivity index (χ0) is 13.8. The predicted octanol–water partition coefficient (Wildman–Crippen LogP) is 3.34. The van der Waals surface area contributed by atoms with Crippen LogP contribution in [-0.2, 0) is 0 Å². The van der Waals surface area contributed by atoms with Gasteiger partial charge >= 0.3 is 0 Å². The van der Waals surface area contributed by atoms with E-state index in [9.17, 15) is 9.50 Å². The lowest BCUT2D eigenvalue weighted by atomic mass is 10.1. The van der Waals surface area contributed by atoms with Crippen LogP contribution in [0, 0.1) is 5.82 Å². The van der Waals surface area contributed by atoms with Gasteiger partial charge in [0.1, 0.15) is 11.6 Å². The number of aromatic nitrogens is 1. The van der Waals surface area contributed by atoms with Crippen molar-refractivity contribution < 1.29 is 9.50 Å². The van der Waals surface area contributed by atoms with Gasteiger partial charge in [-0.05, 0) is 32.0 Å². The second-order valence-corrected chi connectivity index (χ2v) is 4.57. The van der Waals surface area contributed by atoms with E-state index in [1.54, 1.807) is 12.3 Å². The molecule has 0 saturated carbocycles. The Balaban J connectivity index is 2.10. The normalized spacial score (nSPS) is 14.1. The lowest BCUT2D eigenvalue weighted by molar-refractivity contribution is 0.432. The van der Waals surface area contributed by atoms with Crippen molar-refractivity contribution in [3.63, 3.8) is 0 Å². The van der Waals surface area contributed by atoms with Crippen molar-refractivity contribution in [3.05, 3.63) is 59.7 Å². The first kappa shape index (κ1) is 13.5. The summed E-state index contributed by atoms with van der Waals surface area (Å²) < 4.78 is 12.9. The molecule has 1 aromatic heterocycles. The van der Waals surface area contributed by atoms with Crippen LogP contribution in [0.3, 0.4) is 0 Å². The van der Waals surface area contributed by atoms with Crippen molar-refractivity contribution in [2.45, 2.75) is 25.9 Å². The molecule has 3 nitrogen and oxygen atoms in total. The van der Waals surface area contributed by atoms with Gasteiger partial charge in [-0.2, -0.15) is 0 Å². The van der Waals surface area contributed by atoms with Crippen LogP contribution in [0.25, 0.3) is 0 Å². The fraction of sp³-hybridized carbons (Fsp3) is 0.267. The topological polar surface area (TPSA) is 45.2 Å². The van der Waals surface area contributed by atoms with E-state index in [4.69, 9.17) is 0 Å². The fourth-order valence-electron chi connectivity index (χ4n) is 2.07. The van der Waals surface area contributed by atoms with Crippen molar-refractivity contribution in [2.24, 2.45) is 0 Å². The maximum Gasteiger partial charge on any atom is 0.126 e. The molecule has 4 heteroatoms. The lowest BCUT2D eigenvalue weighted by Gasteiger charge is -2.20. The molecule has 0 aliphatic rings. The molecule has 100 valence electrons. The summed E-state index contributed by atoms with van der Waals surface area (Å²) >= 11 is 0. The molecule has 2 atom stereocenters. The molecule has 0 saturated heterocycles. The Labute approximate surface area is 112 Å². The number of pyridine rings is 1. The van der Waals surface area contributed by atoms with Gasteiger partial charge < -0.3 is 10.4 Å². The van der Waals surface area contributed by atoms with Gasteiger partial charge in [-0.1, -0.05) is 12.1 Å². The second kappa shape index (κ2) is 5.80. The minimum atomic E-state index is -0.439. The van der Waals surface area contributed by atoms with Crippen molar-refractivity contribution in [1.82, 2.24) is 10.3 Å². The van der Waals surface area contributed by atoms with Gasteiger partial charge in [0.05, 0.1) is 5.69 Å². The minimum absolute atomic E-state index is 0.0341. The van der Waals surface area contributed by atoms with Crippen LogP contribution in [-0.4, -0.2) is 10.1 Å². The van der Waals surface area contributed by atoms with E-state index in [0.29, 0.717) is 5.56 Å². The number of nitrogens with zero attached hydrogens (tertiary/aromatic N) is 1. The van der Waals surface area contributed by atoms with E-state index in [-0.39, 0.29) is 17.8 Å². The number of rotatable bonds is 4. The highest BCUT2D eigenvalue weighted by Gasteiger charge is 2.15. The number of benzene rings is 1. The maximum absolute atomic E-state index is 12.9. The van der Waals surface area contributed by atoms with Crippen LogP contribution in [0.15, 0.2) is 42.6 Å². The summed E-state index contributed by atoms with van der Waals surface area (Å²) in [4.78, 5) is 4.28. The quantitative estimate of drug-likeness (QED) is 0.886. The third kappa shape index (κ3) is 3.29. The molecule has 0 amide bonds. The number of halogens is 1. The van der Waals surface area contributed by atoms with Gasteiger partial charge in [0.2, 0.25) is 0 Å². The molecule has 0 bridgehead atoms. The zero-order valence-electron chi connectivity index (χ0n) is 11.0.